The molecule has 0 aliphatic heterocycles. The summed E-state index contributed by atoms with van der Waals surface area (Å²) in [6.07, 6.45) is 1.86. The largest absolute Gasteiger partial charge is 0.397 e. The van der Waals surface area contributed by atoms with Crippen molar-refractivity contribution in [3.8, 4) is 21.7 Å². The van der Waals surface area contributed by atoms with Crippen LogP contribution in [0.25, 0.3) is 32.7 Å². The smallest absolute Gasteiger partial charge is 0.255 e. The molecule has 0 fully saturated rings. The van der Waals surface area contributed by atoms with Crippen LogP contribution in [0, 0.1) is 0 Å². The molecule has 0 saturated heterocycles. The molecule has 0 unspecified atom stereocenters. The number of nitrogen functional groups attached to an aromatic ring is 1. The Labute approximate surface area is 210 Å². The molecule has 0 spiro atoms. The van der Waals surface area contributed by atoms with Gasteiger partial charge in [0.2, 0.25) is 0 Å². The Hall–Kier alpha value is -4.76. The van der Waals surface area contributed by atoms with Gasteiger partial charge < -0.3 is 16.0 Å². The number of carbonyl (C=O) groups is 1. The standard InChI is InChI=1S/C27H21N7OS/c28-20-12-11-19(25-6-3-13-36-25)14-23(20)31-27(35)18-9-7-17(8-10-18)24-15-34(33-32-24)16-26-29-21-4-1-2-5-22(21)30-26/h1-15H,16,28H2,(H,29,30)(H,31,35). The summed E-state index contributed by atoms with van der Waals surface area (Å²) < 4.78 is 1.73. The molecule has 0 bridgehead atoms. The van der Waals surface area contributed by atoms with Crippen molar-refractivity contribution >= 4 is 39.7 Å². The molecule has 3 aromatic heterocycles. The second-order valence-electron chi connectivity index (χ2n) is 8.31. The fourth-order valence-electron chi connectivity index (χ4n) is 3.99. The third kappa shape index (κ3) is 4.35. The minimum atomic E-state index is -0.231. The van der Waals surface area contributed by atoms with Crippen LogP contribution in [0.3, 0.4) is 0 Å². The number of para-hydroxylation sites is 2. The number of benzene rings is 3. The first kappa shape index (κ1) is 21.8. The van der Waals surface area contributed by atoms with Crippen LogP contribution in [0.4, 0.5) is 11.4 Å². The van der Waals surface area contributed by atoms with Crippen molar-refractivity contribution in [3.05, 3.63) is 102 Å². The molecule has 6 rings (SSSR count). The highest BCUT2D eigenvalue weighted by Crippen LogP contribution is 2.30. The zero-order valence-corrected chi connectivity index (χ0v) is 19.9. The van der Waals surface area contributed by atoms with Gasteiger partial charge in [0.1, 0.15) is 18.1 Å². The fraction of sp³-hybridized carbons (Fsp3) is 0.0370. The summed E-state index contributed by atoms with van der Waals surface area (Å²) in [7, 11) is 0. The van der Waals surface area contributed by atoms with E-state index >= 15 is 0 Å². The average Bonchev–Trinajstić information content (AvgIpc) is 3.66. The van der Waals surface area contributed by atoms with Crippen molar-refractivity contribution in [3.63, 3.8) is 0 Å². The summed E-state index contributed by atoms with van der Waals surface area (Å²) in [5, 5.41) is 13.4. The lowest BCUT2D eigenvalue weighted by Crippen LogP contribution is -2.13. The van der Waals surface area contributed by atoms with Crippen molar-refractivity contribution in [1.29, 1.82) is 0 Å². The van der Waals surface area contributed by atoms with Gasteiger partial charge in [-0.2, -0.15) is 0 Å². The molecule has 176 valence electrons. The lowest BCUT2D eigenvalue weighted by molar-refractivity contribution is 0.102. The number of nitrogens with one attached hydrogen (secondary N) is 2. The minimum Gasteiger partial charge on any atom is -0.397 e. The lowest BCUT2D eigenvalue weighted by Gasteiger charge is -2.10. The molecular weight excluding hydrogens is 470 g/mol. The zero-order chi connectivity index (χ0) is 24.5. The van der Waals surface area contributed by atoms with Crippen LogP contribution in [-0.2, 0) is 6.54 Å². The number of imidazole rings is 1. The van der Waals surface area contributed by atoms with E-state index in [0.29, 0.717) is 29.2 Å². The van der Waals surface area contributed by atoms with Crippen LogP contribution in [-0.4, -0.2) is 30.9 Å². The van der Waals surface area contributed by atoms with Crippen LogP contribution in [0.5, 0.6) is 0 Å². The van der Waals surface area contributed by atoms with E-state index in [9.17, 15) is 4.79 Å². The Morgan fingerprint density at radius 3 is 2.64 bits per heavy atom. The van der Waals surface area contributed by atoms with Gasteiger partial charge in [-0.15, -0.1) is 16.4 Å². The number of nitrogens with zero attached hydrogens (tertiary/aromatic N) is 4. The first-order valence-electron chi connectivity index (χ1n) is 11.3. The highest BCUT2D eigenvalue weighted by molar-refractivity contribution is 7.13. The highest BCUT2D eigenvalue weighted by atomic mass is 32.1. The molecule has 0 atom stereocenters. The number of rotatable bonds is 6. The maximum absolute atomic E-state index is 12.9. The van der Waals surface area contributed by atoms with Gasteiger partial charge in [0.25, 0.3) is 5.91 Å². The highest BCUT2D eigenvalue weighted by Gasteiger charge is 2.12. The second-order valence-corrected chi connectivity index (χ2v) is 9.26. The molecule has 4 N–H and O–H groups in total. The molecule has 0 aliphatic carbocycles. The number of aromatic amines is 1. The predicted octanol–water partition coefficient (Wildman–Crippen LogP) is 5.43. The van der Waals surface area contributed by atoms with Crippen LogP contribution < -0.4 is 11.1 Å². The van der Waals surface area contributed by atoms with Gasteiger partial charge in [0, 0.05) is 16.0 Å². The first-order valence-corrected chi connectivity index (χ1v) is 12.2. The number of thiophene rings is 1. The van der Waals surface area contributed by atoms with Gasteiger partial charge in [0.05, 0.1) is 28.6 Å². The minimum absolute atomic E-state index is 0.231. The molecule has 36 heavy (non-hydrogen) atoms. The van der Waals surface area contributed by atoms with E-state index in [4.69, 9.17) is 5.73 Å². The van der Waals surface area contributed by atoms with Crippen LogP contribution >= 0.6 is 11.3 Å². The van der Waals surface area contributed by atoms with Crippen LogP contribution in [0.15, 0.2) is 90.4 Å². The molecule has 3 aromatic carbocycles. The van der Waals surface area contributed by atoms with E-state index in [1.165, 1.54) is 0 Å². The van der Waals surface area contributed by atoms with Crippen LogP contribution in [0.1, 0.15) is 16.2 Å². The van der Waals surface area contributed by atoms with Gasteiger partial charge in [-0.3, -0.25) is 4.79 Å². The van der Waals surface area contributed by atoms with E-state index in [0.717, 1.165) is 32.9 Å². The number of carbonyl (C=O) groups excluding carboxylic acids is 1. The quantitative estimate of drug-likeness (QED) is 0.269. The maximum Gasteiger partial charge on any atom is 0.255 e. The second kappa shape index (κ2) is 9.12. The van der Waals surface area contributed by atoms with Crippen molar-refractivity contribution in [1.82, 2.24) is 25.0 Å². The Balaban J connectivity index is 1.15. The summed E-state index contributed by atoms with van der Waals surface area (Å²) in [5.41, 5.74) is 12.2. The summed E-state index contributed by atoms with van der Waals surface area (Å²) >= 11 is 1.64. The van der Waals surface area contributed by atoms with Gasteiger partial charge in [-0.05, 0) is 53.4 Å². The number of nitrogens with two attached hydrogens (primary N) is 1. The molecule has 1 amide bonds. The normalized spacial score (nSPS) is 11.1. The number of fused-ring (bicyclic) bond motifs is 1. The van der Waals surface area contributed by atoms with E-state index in [1.807, 2.05) is 78.3 Å². The SMILES string of the molecule is Nc1ccc(-c2cccs2)cc1NC(=O)c1ccc(-c2cn(Cc3nc4ccccc4[nH]3)nn2)cc1. The monoisotopic (exact) mass is 491 g/mol. The number of hydrogen-bond acceptors (Lipinski definition) is 6. The predicted molar refractivity (Wildman–Crippen MR) is 143 cm³/mol. The number of anilines is 2. The van der Waals surface area contributed by atoms with Crippen molar-refractivity contribution < 1.29 is 4.79 Å². The maximum atomic E-state index is 12.9. The zero-order valence-electron chi connectivity index (χ0n) is 19.1. The van der Waals surface area contributed by atoms with Crippen molar-refractivity contribution in [2.75, 3.05) is 11.1 Å². The van der Waals surface area contributed by atoms with E-state index in [2.05, 4.69) is 25.6 Å². The summed E-state index contributed by atoms with van der Waals surface area (Å²) in [4.78, 5) is 21.9. The lowest BCUT2D eigenvalue weighted by atomic mass is 10.1. The summed E-state index contributed by atoms with van der Waals surface area (Å²) in [5.74, 6) is 0.576. The van der Waals surface area contributed by atoms with E-state index < -0.39 is 0 Å². The third-order valence-corrected chi connectivity index (χ3v) is 6.76. The fourth-order valence-corrected chi connectivity index (χ4v) is 4.71. The van der Waals surface area contributed by atoms with Crippen molar-refractivity contribution in [2.45, 2.75) is 6.54 Å². The topological polar surface area (TPSA) is 115 Å². The number of H-pyrrole nitrogens is 1. The molecular formula is C27H21N7OS. The molecule has 3 heterocycles. The third-order valence-electron chi connectivity index (χ3n) is 5.84. The number of aromatic nitrogens is 5. The van der Waals surface area contributed by atoms with E-state index in [1.54, 1.807) is 28.2 Å². The van der Waals surface area contributed by atoms with Gasteiger partial charge >= 0.3 is 0 Å². The molecule has 0 radical (unpaired) electrons. The Kier molecular flexibility index (Phi) is 5.51. The Bertz CT molecular complexity index is 1630. The molecule has 9 heteroatoms. The Morgan fingerprint density at radius 2 is 1.83 bits per heavy atom. The number of hydrogen-bond donors (Lipinski definition) is 3. The molecule has 0 saturated carbocycles. The van der Waals surface area contributed by atoms with Crippen molar-refractivity contribution in [2.24, 2.45) is 0 Å². The molecule has 0 aliphatic rings. The van der Waals surface area contributed by atoms with Gasteiger partial charge in [-0.25, -0.2) is 9.67 Å². The van der Waals surface area contributed by atoms with Gasteiger partial charge in [-0.1, -0.05) is 41.6 Å². The Morgan fingerprint density at radius 1 is 1.00 bits per heavy atom. The summed E-state index contributed by atoms with van der Waals surface area (Å²) in [6, 6.07) is 24.8. The number of amides is 1. The van der Waals surface area contributed by atoms with E-state index in [-0.39, 0.29) is 5.91 Å². The van der Waals surface area contributed by atoms with Crippen LogP contribution in [0.2, 0.25) is 0 Å². The average molecular weight is 492 g/mol. The first-order chi connectivity index (χ1) is 17.6. The molecule has 8 nitrogen and oxygen atoms in total. The van der Waals surface area contributed by atoms with Gasteiger partial charge in [0.15, 0.2) is 0 Å². The molecule has 6 aromatic rings. The summed E-state index contributed by atoms with van der Waals surface area (Å²) in [6.45, 7) is 0.480.